The molecule has 72 valence electrons. The normalized spacial score (nSPS) is 15.1. The first-order chi connectivity index (χ1) is 4.63. The van der Waals surface area contributed by atoms with Gasteiger partial charge >= 0.3 is 64.1 Å². The van der Waals surface area contributed by atoms with Crippen molar-refractivity contribution in [3.63, 3.8) is 0 Å². The summed E-state index contributed by atoms with van der Waals surface area (Å²) in [7, 11) is -9.35. The quantitative estimate of drug-likeness (QED) is 0.310. The second kappa shape index (κ2) is 5.65. The minimum absolute atomic E-state index is 0. The van der Waals surface area contributed by atoms with Gasteiger partial charge in [0.1, 0.15) is 0 Å². The van der Waals surface area contributed by atoms with Crippen LogP contribution in [0.25, 0.3) is 0 Å². The molecule has 7 nitrogen and oxygen atoms in total. The van der Waals surface area contributed by atoms with Crippen LogP contribution >= 0.6 is 15.2 Å². The second-order valence-electron chi connectivity index (χ2n) is 1.92. The van der Waals surface area contributed by atoms with E-state index < -0.39 is 27.2 Å². The maximum atomic E-state index is 10.1. The molecule has 0 aliphatic rings. The van der Waals surface area contributed by atoms with Crippen molar-refractivity contribution in [1.82, 2.24) is 0 Å². The van der Waals surface area contributed by atoms with E-state index in [0.29, 0.717) is 0 Å². The average molecular weight is 345 g/mol. The van der Waals surface area contributed by atoms with Gasteiger partial charge in [-0.05, 0) is 0 Å². The van der Waals surface area contributed by atoms with Crippen molar-refractivity contribution in [2.75, 3.05) is 6.16 Å². The molecule has 10 heteroatoms. The van der Waals surface area contributed by atoms with Crippen molar-refractivity contribution in [2.24, 2.45) is 0 Å². The second-order valence-corrected chi connectivity index (χ2v) is 5.39. The summed E-state index contributed by atoms with van der Waals surface area (Å²) in [5, 5.41) is 8.47. The van der Waals surface area contributed by atoms with E-state index >= 15 is 0 Å². The molecule has 0 bridgehead atoms. The summed E-state index contributed by atoms with van der Waals surface area (Å²) in [4.78, 5) is 32.7. The first kappa shape index (κ1) is 16.3. The first-order valence-electron chi connectivity index (χ1n) is 2.41. The minimum atomic E-state index is -4.79. The molecule has 0 fully saturated rings. The Morgan fingerprint density at radius 3 is 1.58 bits per heavy atom. The Hall–Kier alpha value is 1.83. The van der Waals surface area contributed by atoms with Gasteiger partial charge < -0.3 is 27.5 Å². The molecule has 1 atom stereocenters. The molecule has 0 spiro atoms. The van der Waals surface area contributed by atoms with E-state index in [9.17, 15) is 9.13 Å². The Morgan fingerprint density at radius 2 is 1.50 bits per heavy atom. The van der Waals surface area contributed by atoms with Crippen LogP contribution in [-0.2, 0) is 9.13 Å². The molecule has 0 saturated carbocycles. The summed E-state index contributed by atoms with van der Waals surface area (Å²) in [5.74, 6) is -2.29. The Kier molecular flexibility index (Phi) is 7.66. The largest absolute Gasteiger partial charge is 2.00 e. The SMILES string of the molecule is O=P(O)(O)CC(O)P(=O)(O)O.[Ba+2].[H-].[H-]. The van der Waals surface area contributed by atoms with E-state index in [0.717, 1.165) is 0 Å². The molecular formula is C2H10BaO7P2. The Morgan fingerprint density at radius 1 is 1.17 bits per heavy atom. The smallest absolute Gasteiger partial charge is 1.00 e. The van der Waals surface area contributed by atoms with Gasteiger partial charge in [-0.1, -0.05) is 0 Å². The molecule has 0 rings (SSSR count). The first-order valence-corrected chi connectivity index (χ1v) is 5.89. The summed E-state index contributed by atoms with van der Waals surface area (Å²) in [6, 6.07) is 0. The van der Waals surface area contributed by atoms with Crippen molar-refractivity contribution in [2.45, 2.75) is 5.85 Å². The zero-order valence-corrected chi connectivity index (χ0v) is 12.2. The third-order valence-corrected chi connectivity index (χ3v) is 2.86. The van der Waals surface area contributed by atoms with E-state index in [4.69, 9.17) is 24.7 Å². The number of hydrogen-bond donors (Lipinski definition) is 5. The molecule has 0 aliphatic carbocycles. The summed E-state index contributed by atoms with van der Waals surface area (Å²) >= 11 is 0. The molecule has 0 saturated heterocycles. The summed E-state index contributed by atoms with van der Waals surface area (Å²) in [5.41, 5.74) is 0. The minimum Gasteiger partial charge on any atom is -1.00 e. The maximum Gasteiger partial charge on any atom is 2.00 e. The van der Waals surface area contributed by atoms with Gasteiger partial charge in [0.15, 0.2) is 5.85 Å². The zero-order chi connectivity index (χ0) is 9.28. The molecule has 0 aromatic heterocycles. The molecule has 0 aromatic rings. The third-order valence-electron chi connectivity index (χ3n) is 0.789. The number of rotatable bonds is 3. The van der Waals surface area contributed by atoms with Gasteiger partial charge in [0, 0.05) is 0 Å². The molecule has 5 N–H and O–H groups in total. The van der Waals surface area contributed by atoms with E-state index in [1.807, 2.05) is 0 Å². The van der Waals surface area contributed by atoms with Crippen LogP contribution in [0.1, 0.15) is 2.85 Å². The number of aliphatic hydroxyl groups excluding tert-OH is 1. The molecule has 0 amide bonds. The Balaban J connectivity index is -0.000000167. The van der Waals surface area contributed by atoms with Gasteiger partial charge in [0.25, 0.3) is 0 Å². The van der Waals surface area contributed by atoms with Gasteiger partial charge in [0.2, 0.25) is 0 Å². The van der Waals surface area contributed by atoms with Crippen LogP contribution in [0.4, 0.5) is 0 Å². The van der Waals surface area contributed by atoms with Crippen LogP contribution in [0.3, 0.4) is 0 Å². The molecule has 1 unspecified atom stereocenters. The molecule has 0 radical (unpaired) electrons. The summed E-state index contributed by atoms with van der Waals surface area (Å²) in [6.45, 7) is 0. The molecule has 0 aliphatic heterocycles. The topological polar surface area (TPSA) is 135 Å². The Bertz CT molecular complexity index is 224. The maximum absolute atomic E-state index is 10.1. The molecule has 0 heterocycles. The van der Waals surface area contributed by atoms with E-state index in [-0.39, 0.29) is 51.7 Å². The average Bonchev–Trinajstić information content (AvgIpc) is 1.56. The Labute approximate surface area is 112 Å². The van der Waals surface area contributed by atoms with Crippen molar-refractivity contribution in [1.29, 1.82) is 0 Å². The standard InChI is InChI=1S/C2H8O7P2.Ba.2H/c3-2(11(7,8)9)1-10(4,5)6;;;/h2-3H,1H2,(H2,4,5,6)(H2,7,8,9);;;/q;+2;2*-1. The van der Waals surface area contributed by atoms with E-state index in [2.05, 4.69) is 0 Å². The summed E-state index contributed by atoms with van der Waals surface area (Å²) in [6.07, 6.45) is -1.22. The van der Waals surface area contributed by atoms with Gasteiger partial charge in [-0.3, -0.25) is 9.13 Å². The fourth-order valence-electron chi connectivity index (χ4n) is 0.319. The van der Waals surface area contributed by atoms with Crippen LogP contribution < -0.4 is 0 Å². The number of aliphatic hydroxyl groups is 1. The van der Waals surface area contributed by atoms with Crippen molar-refractivity contribution < 1.29 is 36.7 Å². The van der Waals surface area contributed by atoms with Crippen molar-refractivity contribution >= 4 is 64.1 Å². The number of hydrogen-bond acceptors (Lipinski definition) is 3. The van der Waals surface area contributed by atoms with Crippen LogP contribution in [0.15, 0.2) is 0 Å². The molecule has 0 aromatic carbocycles. The van der Waals surface area contributed by atoms with Crippen molar-refractivity contribution in [3.05, 3.63) is 0 Å². The van der Waals surface area contributed by atoms with Gasteiger partial charge in [-0.25, -0.2) is 0 Å². The van der Waals surface area contributed by atoms with Crippen molar-refractivity contribution in [3.8, 4) is 0 Å². The van der Waals surface area contributed by atoms with Crippen LogP contribution in [0.5, 0.6) is 0 Å². The van der Waals surface area contributed by atoms with E-state index in [1.165, 1.54) is 0 Å². The molecule has 12 heavy (non-hydrogen) atoms. The fraction of sp³-hybridized carbons (Fsp3) is 1.00. The monoisotopic (exact) mass is 346 g/mol. The van der Waals surface area contributed by atoms with E-state index in [1.54, 1.807) is 0 Å². The van der Waals surface area contributed by atoms with Crippen LogP contribution in [-0.4, -0.2) is 85.6 Å². The zero-order valence-electron chi connectivity index (χ0n) is 7.94. The van der Waals surface area contributed by atoms with Crippen LogP contribution in [0.2, 0.25) is 0 Å². The molecular weight excluding hydrogens is 335 g/mol. The fourth-order valence-corrected chi connectivity index (χ4v) is 2.23. The van der Waals surface area contributed by atoms with Gasteiger partial charge in [-0.15, -0.1) is 0 Å². The summed E-state index contributed by atoms with van der Waals surface area (Å²) < 4.78 is 20.2. The van der Waals surface area contributed by atoms with Crippen LogP contribution in [0, 0.1) is 0 Å². The predicted molar refractivity (Wildman–Crippen MR) is 42.9 cm³/mol. The van der Waals surface area contributed by atoms with Gasteiger partial charge in [0.05, 0.1) is 6.16 Å². The van der Waals surface area contributed by atoms with Gasteiger partial charge in [-0.2, -0.15) is 0 Å². The predicted octanol–water partition coefficient (Wildman–Crippen LogP) is -1.50. The third kappa shape index (κ3) is 8.43.